The minimum absolute atomic E-state index is 0.189. The number of carboxylic acid groups (broad SMARTS) is 1. The molecule has 0 saturated heterocycles. The first-order chi connectivity index (χ1) is 7.13. The van der Waals surface area contributed by atoms with Gasteiger partial charge in [0, 0.05) is 0 Å². The zero-order valence-electron chi connectivity index (χ0n) is 8.60. The number of rotatable bonds is 5. The van der Waals surface area contributed by atoms with Crippen LogP contribution < -0.4 is 5.32 Å². The lowest BCUT2D eigenvalue weighted by atomic mass is 10.1. The van der Waals surface area contributed by atoms with Crippen LogP contribution in [0.3, 0.4) is 0 Å². The molecular formula is C11H15NO3. The van der Waals surface area contributed by atoms with Crippen LogP contribution in [-0.4, -0.2) is 28.8 Å². The monoisotopic (exact) mass is 209 g/mol. The third-order valence-corrected chi connectivity index (χ3v) is 2.12. The van der Waals surface area contributed by atoms with Gasteiger partial charge in [-0.1, -0.05) is 19.1 Å². The molecule has 0 bridgehead atoms. The maximum atomic E-state index is 10.8. The minimum atomic E-state index is -0.857. The second-order valence-electron chi connectivity index (χ2n) is 3.32. The molecule has 1 aromatic carbocycles. The molecule has 0 amide bonds. The van der Waals surface area contributed by atoms with Crippen molar-refractivity contribution in [3.05, 3.63) is 29.8 Å². The number of likely N-dealkylation sites (N-methyl/N-ethyl adjacent to an activating group) is 1. The highest BCUT2D eigenvalue weighted by Gasteiger charge is 2.15. The highest BCUT2D eigenvalue weighted by molar-refractivity contribution is 5.73. The van der Waals surface area contributed by atoms with Crippen LogP contribution in [0.2, 0.25) is 0 Å². The van der Waals surface area contributed by atoms with Crippen LogP contribution in [-0.2, 0) is 11.2 Å². The molecule has 0 saturated carbocycles. The lowest BCUT2D eigenvalue weighted by molar-refractivity contribution is -0.139. The Hall–Kier alpha value is -1.55. The van der Waals surface area contributed by atoms with Gasteiger partial charge in [0.2, 0.25) is 0 Å². The number of aliphatic carboxylic acids is 1. The van der Waals surface area contributed by atoms with Gasteiger partial charge in [-0.05, 0) is 30.7 Å². The Bertz CT molecular complexity index is 321. The van der Waals surface area contributed by atoms with E-state index in [-0.39, 0.29) is 5.75 Å². The number of phenolic OH excluding ortho intramolecular Hbond substituents is 1. The summed E-state index contributed by atoms with van der Waals surface area (Å²) in [7, 11) is 0. The van der Waals surface area contributed by atoms with Crippen molar-refractivity contribution >= 4 is 5.97 Å². The van der Waals surface area contributed by atoms with Gasteiger partial charge in [-0.15, -0.1) is 0 Å². The number of aromatic hydroxyl groups is 1. The van der Waals surface area contributed by atoms with Crippen molar-refractivity contribution in [1.82, 2.24) is 5.32 Å². The molecule has 0 aromatic heterocycles. The Morgan fingerprint density at radius 2 is 2.00 bits per heavy atom. The smallest absolute Gasteiger partial charge is 0.321 e. The van der Waals surface area contributed by atoms with E-state index < -0.39 is 12.0 Å². The van der Waals surface area contributed by atoms with Gasteiger partial charge in [0.15, 0.2) is 0 Å². The van der Waals surface area contributed by atoms with Crippen LogP contribution in [0.5, 0.6) is 5.75 Å². The molecule has 0 aliphatic carbocycles. The second-order valence-corrected chi connectivity index (χ2v) is 3.32. The maximum absolute atomic E-state index is 10.8. The fraction of sp³-hybridized carbons (Fsp3) is 0.364. The zero-order chi connectivity index (χ0) is 11.3. The van der Waals surface area contributed by atoms with Crippen LogP contribution in [0, 0.1) is 0 Å². The van der Waals surface area contributed by atoms with Gasteiger partial charge in [-0.25, -0.2) is 0 Å². The highest BCUT2D eigenvalue weighted by atomic mass is 16.4. The molecule has 1 rings (SSSR count). The molecule has 0 aliphatic heterocycles. The Morgan fingerprint density at radius 3 is 2.47 bits per heavy atom. The standard InChI is InChI=1S/C11H15NO3/c1-2-12-10(11(14)15)7-8-3-5-9(13)6-4-8/h3-6,10,12-13H,2,7H2,1H3,(H,14,15)/t10-/m1/s1. The summed E-state index contributed by atoms with van der Waals surface area (Å²) in [6, 6.07) is 5.99. The molecule has 15 heavy (non-hydrogen) atoms. The van der Waals surface area contributed by atoms with Crippen LogP contribution in [0.1, 0.15) is 12.5 Å². The molecule has 82 valence electrons. The number of hydrogen-bond donors (Lipinski definition) is 3. The Balaban J connectivity index is 2.65. The average molecular weight is 209 g/mol. The normalized spacial score (nSPS) is 12.3. The van der Waals surface area contributed by atoms with E-state index in [0.29, 0.717) is 13.0 Å². The third kappa shape index (κ3) is 3.59. The van der Waals surface area contributed by atoms with Crippen molar-refractivity contribution in [3.8, 4) is 5.75 Å². The fourth-order valence-electron chi connectivity index (χ4n) is 1.36. The molecule has 0 radical (unpaired) electrons. The van der Waals surface area contributed by atoms with Crippen molar-refractivity contribution in [1.29, 1.82) is 0 Å². The van der Waals surface area contributed by atoms with E-state index in [2.05, 4.69) is 5.32 Å². The van der Waals surface area contributed by atoms with E-state index in [1.165, 1.54) is 0 Å². The second kappa shape index (κ2) is 5.36. The highest BCUT2D eigenvalue weighted by Crippen LogP contribution is 2.11. The maximum Gasteiger partial charge on any atom is 0.321 e. The van der Waals surface area contributed by atoms with Gasteiger partial charge in [-0.3, -0.25) is 4.79 Å². The van der Waals surface area contributed by atoms with E-state index in [1.54, 1.807) is 24.3 Å². The summed E-state index contributed by atoms with van der Waals surface area (Å²) in [4.78, 5) is 10.8. The average Bonchev–Trinajstić information content (AvgIpc) is 2.20. The Morgan fingerprint density at radius 1 is 1.40 bits per heavy atom. The Kier molecular flexibility index (Phi) is 4.12. The largest absolute Gasteiger partial charge is 0.508 e. The Labute approximate surface area is 88.6 Å². The van der Waals surface area contributed by atoms with Crippen molar-refractivity contribution in [2.45, 2.75) is 19.4 Å². The van der Waals surface area contributed by atoms with Gasteiger partial charge in [0.05, 0.1) is 0 Å². The predicted molar refractivity (Wildman–Crippen MR) is 56.9 cm³/mol. The van der Waals surface area contributed by atoms with Gasteiger partial charge in [0.25, 0.3) is 0 Å². The summed E-state index contributed by atoms with van der Waals surface area (Å²) >= 11 is 0. The van der Waals surface area contributed by atoms with Crippen LogP contribution >= 0.6 is 0 Å². The van der Waals surface area contributed by atoms with Crippen molar-refractivity contribution in [2.24, 2.45) is 0 Å². The molecule has 0 aliphatic rings. The van der Waals surface area contributed by atoms with Crippen molar-refractivity contribution in [2.75, 3.05) is 6.54 Å². The van der Waals surface area contributed by atoms with Crippen LogP contribution in [0.4, 0.5) is 0 Å². The quantitative estimate of drug-likeness (QED) is 0.676. The van der Waals surface area contributed by atoms with E-state index in [0.717, 1.165) is 5.56 Å². The number of carboxylic acids is 1. The summed E-state index contributed by atoms with van der Waals surface area (Å²) in [6.07, 6.45) is 0.420. The molecule has 0 unspecified atom stereocenters. The van der Waals surface area contributed by atoms with Crippen LogP contribution in [0.15, 0.2) is 24.3 Å². The molecule has 4 nitrogen and oxygen atoms in total. The first kappa shape index (κ1) is 11.5. The number of nitrogens with one attached hydrogen (secondary N) is 1. The molecule has 3 N–H and O–H groups in total. The van der Waals surface area contributed by atoms with Crippen molar-refractivity contribution in [3.63, 3.8) is 0 Å². The topological polar surface area (TPSA) is 69.6 Å². The summed E-state index contributed by atoms with van der Waals surface area (Å²) in [5.74, 6) is -0.668. The predicted octanol–water partition coefficient (Wildman–Crippen LogP) is 0.997. The first-order valence-electron chi connectivity index (χ1n) is 4.87. The van der Waals surface area contributed by atoms with Gasteiger partial charge in [-0.2, -0.15) is 0 Å². The summed E-state index contributed by atoms with van der Waals surface area (Å²) in [6.45, 7) is 2.49. The number of carbonyl (C=O) groups is 1. The minimum Gasteiger partial charge on any atom is -0.508 e. The number of hydrogen-bond acceptors (Lipinski definition) is 3. The van der Waals surface area contributed by atoms with Gasteiger partial charge in [0.1, 0.15) is 11.8 Å². The molecule has 0 heterocycles. The number of phenols is 1. The molecule has 0 fully saturated rings. The first-order valence-corrected chi connectivity index (χ1v) is 4.87. The summed E-state index contributed by atoms with van der Waals surface area (Å²) in [5.41, 5.74) is 0.890. The summed E-state index contributed by atoms with van der Waals surface area (Å²) in [5, 5.41) is 20.9. The fourth-order valence-corrected chi connectivity index (χ4v) is 1.36. The molecule has 0 spiro atoms. The van der Waals surface area contributed by atoms with E-state index in [4.69, 9.17) is 10.2 Å². The summed E-state index contributed by atoms with van der Waals surface area (Å²) < 4.78 is 0. The third-order valence-electron chi connectivity index (χ3n) is 2.12. The van der Waals surface area contributed by atoms with E-state index >= 15 is 0 Å². The molecule has 1 aromatic rings. The SMILES string of the molecule is CCN[C@H](Cc1ccc(O)cc1)C(=O)O. The molecular weight excluding hydrogens is 194 g/mol. The number of benzene rings is 1. The van der Waals surface area contributed by atoms with Crippen molar-refractivity contribution < 1.29 is 15.0 Å². The van der Waals surface area contributed by atoms with Gasteiger partial charge < -0.3 is 15.5 Å². The lowest BCUT2D eigenvalue weighted by Crippen LogP contribution is -2.38. The van der Waals surface area contributed by atoms with E-state index in [9.17, 15) is 4.79 Å². The molecule has 1 atom stereocenters. The lowest BCUT2D eigenvalue weighted by Gasteiger charge is -2.12. The molecule has 4 heteroatoms. The van der Waals surface area contributed by atoms with Gasteiger partial charge >= 0.3 is 5.97 Å². The zero-order valence-corrected chi connectivity index (χ0v) is 8.60. The van der Waals surface area contributed by atoms with Crippen LogP contribution in [0.25, 0.3) is 0 Å². The van der Waals surface area contributed by atoms with E-state index in [1.807, 2.05) is 6.92 Å².